The fourth-order valence-electron chi connectivity index (χ4n) is 1.84. The van der Waals surface area contributed by atoms with Gasteiger partial charge in [-0.05, 0) is 50.5 Å². The molecule has 0 N–H and O–H groups in total. The molecule has 1 aromatic rings. The maximum Gasteiger partial charge on any atom is 0.350 e. The van der Waals surface area contributed by atoms with Gasteiger partial charge in [0.15, 0.2) is 0 Å². The van der Waals surface area contributed by atoms with E-state index in [-0.39, 0.29) is 5.97 Å². The van der Waals surface area contributed by atoms with Crippen LogP contribution in [0, 0.1) is 0 Å². The highest BCUT2D eigenvalue weighted by Crippen LogP contribution is 2.38. The highest BCUT2D eigenvalue weighted by molar-refractivity contribution is 6.30. The molecular weight excluding hydrogens is 240 g/mol. The monoisotopic (exact) mass is 254 g/mol. The minimum Gasteiger partial charge on any atom is -0.476 e. The summed E-state index contributed by atoms with van der Waals surface area (Å²) in [6.07, 6.45) is 2.43. The summed E-state index contributed by atoms with van der Waals surface area (Å²) in [4.78, 5) is 11.8. The lowest BCUT2D eigenvalue weighted by atomic mass is 9.80. The standard InChI is InChI=1S/C13H15ClO3/c1-2-16-12(15)13(8-3-9-13)17-11-6-4-10(14)5-7-11/h4-7H,2-3,8-9H2,1H3. The lowest BCUT2D eigenvalue weighted by Gasteiger charge is -2.39. The van der Waals surface area contributed by atoms with Crippen LogP contribution in [0.4, 0.5) is 0 Å². The van der Waals surface area contributed by atoms with Gasteiger partial charge in [-0.3, -0.25) is 0 Å². The van der Waals surface area contributed by atoms with Gasteiger partial charge in [0, 0.05) is 5.02 Å². The summed E-state index contributed by atoms with van der Waals surface area (Å²) in [5.41, 5.74) is -0.774. The van der Waals surface area contributed by atoms with Gasteiger partial charge in [0.05, 0.1) is 6.61 Å². The molecule has 1 aromatic carbocycles. The maximum absolute atomic E-state index is 11.8. The van der Waals surface area contributed by atoms with Crippen molar-refractivity contribution in [2.45, 2.75) is 31.8 Å². The molecule has 3 nitrogen and oxygen atoms in total. The molecular formula is C13H15ClO3. The fraction of sp³-hybridized carbons (Fsp3) is 0.462. The summed E-state index contributed by atoms with van der Waals surface area (Å²) >= 11 is 5.80. The molecule has 17 heavy (non-hydrogen) atoms. The Morgan fingerprint density at radius 1 is 1.35 bits per heavy atom. The second kappa shape index (κ2) is 4.96. The van der Waals surface area contributed by atoms with E-state index in [4.69, 9.17) is 21.1 Å². The van der Waals surface area contributed by atoms with E-state index in [1.165, 1.54) is 0 Å². The molecule has 0 amide bonds. The van der Waals surface area contributed by atoms with Crippen LogP contribution in [0.25, 0.3) is 0 Å². The zero-order valence-corrected chi connectivity index (χ0v) is 10.5. The molecule has 1 aliphatic rings. The first-order valence-corrected chi connectivity index (χ1v) is 6.16. The number of hydrogen-bond acceptors (Lipinski definition) is 3. The van der Waals surface area contributed by atoms with Gasteiger partial charge >= 0.3 is 5.97 Å². The van der Waals surface area contributed by atoms with Gasteiger partial charge in [-0.2, -0.15) is 0 Å². The number of carbonyl (C=O) groups excluding carboxylic acids is 1. The topological polar surface area (TPSA) is 35.5 Å². The largest absolute Gasteiger partial charge is 0.476 e. The van der Waals surface area contributed by atoms with Gasteiger partial charge in [0.1, 0.15) is 5.75 Å². The molecule has 0 aliphatic heterocycles. The van der Waals surface area contributed by atoms with Gasteiger partial charge in [0.2, 0.25) is 5.60 Å². The Hall–Kier alpha value is -1.22. The Morgan fingerprint density at radius 3 is 2.47 bits per heavy atom. The highest BCUT2D eigenvalue weighted by Gasteiger charge is 2.48. The van der Waals surface area contributed by atoms with Crippen molar-refractivity contribution in [1.82, 2.24) is 0 Å². The number of benzene rings is 1. The first kappa shape index (κ1) is 12.2. The van der Waals surface area contributed by atoms with Crippen molar-refractivity contribution in [2.24, 2.45) is 0 Å². The van der Waals surface area contributed by atoms with E-state index in [2.05, 4.69) is 0 Å². The summed E-state index contributed by atoms with van der Waals surface area (Å²) in [5, 5.41) is 0.649. The second-order valence-corrected chi connectivity index (χ2v) is 4.56. The summed E-state index contributed by atoms with van der Waals surface area (Å²) < 4.78 is 10.8. The number of halogens is 1. The van der Waals surface area contributed by atoms with Crippen LogP contribution in [-0.2, 0) is 9.53 Å². The number of esters is 1. The van der Waals surface area contributed by atoms with Gasteiger partial charge in [-0.15, -0.1) is 0 Å². The maximum atomic E-state index is 11.8. The molecule has 1 saturated carbocycles. The minimum atomic E-state index is -0.774. The van der Waals surface area contributed by atoms with Gasteiger partial charge in [0.25, 0.3) is 0 Å². The number of hydrogen-bond donors (Lipinski definition) is 0. The fourth-order valence-corrected chi connectivity index (χ4v) is 1.96. The van der Waals surface area contributed by atoms with Crippen LogP contribution < -0.4 is 4.74 Å². The summed E-state index contributed by atoms with van der Waals surface area (Å²) in [5.74, 6) is 0.392. The van der Waals surface area contributed by atoms with E-state index in [1.807, 2.05) is 0 Å². The highest BCUT2D eigenvalue weighted by atomic mass is 35.5. The smallest absolute Gasteiger partial charge is 0.350 e. The summed E-state index contributed by atoms with van der Waals surface area (Å²) in [6.45, 7) is 2.18. The zero-order chi connectivity index (χ0) is 12.3. The quantitative estimate of drug-likeness (QED) is 0.774. The van der Waals surface area contributed by atoms with E-state index in [0.717, 1.165) is 6.42 Å². The number of carbonyl (C=O) groups is 1. The predicted molar refractivity (Wildman–Crippen MR) is 65.3 cm³/mol. The molecule has 0 saturated heterocycles. The number of rotatable bonds is 4. The molecule has 2 rings (SSSR count). The van der Waals surface area contributed by atoms with E-state index < -0.39 is 5.60 Å². The molecule has 1 fully saturated rings. The second-order valence-electron chi connectivity index (χ2n) is 4.12. The molecule has 0 aromatic heterocycles. The molecule has 0 bridgehead atoms. The van der Waals surface area contributed by atoms with E-state index in [1.54, 1.807) is 31.2 Å². The van der Waals surface area contributed by atoms with Crippen LogP contribution in [0.2, 0.25) is 5.02 Å². The van der Waals surface area contributed by atoms with Gasteiger partial charge < -0.3 is 9.47 Å². The number of ether oxygens (including phenoxy) is 2. The lowest BCUT2D eigenvalue weighted by molar-refractivity contribution is -0.169. The van der Waals surface area contributed by atoms with Crippen molar-refractivity contribution in [2.75, 3.05) is 6.61 Å². The lowest BCUT2D eigenvalue weighted by Crippen LogP contribution is -2.51. The first-order chi connectivity index (χ1) is 8.16. The van der Waals surface area contributed by atoms with Crippen LogP contribution in [-0.4, -0.2) is 18.2 Å². The Balaban J connectivity index is 2.09. The SMILES string of the molecule is CCOC(=O)C1(Oc2ccc(Cl)cc2)CCC1. The molecule has 0 atom stereocenters. The zero-order valence-electron chi connectivity index (χ0n) is 9.74. The Labute approximate surface area is 106 Å². The third kappa shape index (κ3) is 2.55. The van der Waals surface area contributed by atoms with Crippen molar-refractivity contribution in [3.8, 4) is 5.75 Å². The Kier molecular flexibility index (Phi) is 3.57. The molecule has 0 heterocycles. The molecule has 0 spiro atoms. The van der Waals surface area contributed by atoms with Gasteiger partial charge in [-0.1, -0.05) is 11.6 Å². The molecule has 92 valence electrons. The van der Waals surface area contributed by atoms with E-state index in [0.29, 0.717) is 30.2 Å². The molecule has 1 aliphatic carbocycles. The molecule has 0 unspecified atom stereocenters. The molecule has 0 radical (unpaired) electrons. The van der Waals surface area contributed by atoms with E-state index in [9.17, 15) is 4.79 Å². The van der Waals surface area contributed by atoms with Crippen LogP contribution in [0.3, 0.4) is 0 Å². The van der Waals surface area contributed by atoms with Crippen LogP contribution in [0.15, 0.2) is 24.3 Å². The van der Waals surface area contributed by atoms with Crippen molar-refractivity contribution in [3.63, 3.8) is 0 Å². The predicted octanol–water partition coefficient (Wildman–Crippen LogP) is 3.20. The van der Waals surface area contributed by atoms with Crippen molar-refractivity contribution in [3.05, 3.63) is 29.3 Å². The normalized spacial score (nSPS) is 17.1. The van der Waals surface area contributed by atoms with Gasteiger partial charge in [-0.25, -0.2) is 4.79 Å². The van der Waals surface area contributed by atoms with Crippen LogP contribution >= 0.6 is 11.6 Å². The van der Waals surface area contributed by atoms with Crippen LogP contribution in [0.5, 0.6) is 5.75 Å². The minimum absolute atomic E-state index is 0.263. The van der Waals surface area contributed by atoms with Crippen molar-refractivity contribution >= 4 is 17.6 Å². The molecule has 4 heteroatoms. The van der Waals surface area contributed by atoms with E-state index >= 15 is 0 Å². The third-order valence-electron chi connectivity index (χ3n) is 2.94. The first-order valence-electron chi connectivity index (χ1n) is 5.78. The summed E-state index contributed by atoms with van der Waals surface area (Å²) in [7, 11) is 0. The van der Waals surface area contributed by atoms with Crippen LogP contribution in [0.1, 0.15) is 26.2 Å². The van der Waals surface area contributed by atoms with Crippen molar-refractivity contribution < 1.29 is 14.3 Å². The summed E-state index contributed by atoms with van der Waals surface area (Å²) in [6, 6.07) is 7.02. The van der Waals surface area contributed by atoms with Crippen molar-refractivity contribution in [1.29, 1.82) is 0 Å². The average Bonchev–Trinajstić information content (AvgIpc) is 2.26. The Bertz CT molecular complexity index is 396. The Morgan fingerprint density at radius 2 is 2.00 bits per heavy atom. The average molecular weight is 255 g/mol. The third-order valence-corrected chi connectivity index (χ3v) is 3.19.